The van der Waals surface area contributed by atoms with Gasteiger partial charge >= 0.3 is 5.97 Å². The third-order valence-corrected chi connectivity index (χ3v) is 6.62. The van der Waals surface area contributed by atoms with Gasteiger partial charge in [-0.2, -0.15) is 0 Å². The Hall–Kier alpha value is -2.70. The number of rotatable bonds is 5. The third kappa shape index (κ3) is 5.68. The molecule has 4 nitrogen and oxygen atoms in total. The molecule has 0 amide bonds. The lowest BCUT2D eigenvalue weighted by molar-refractivity contribution is -0.129. The summed E-state index contributed by atoms with van der Waals surface area (Å²) in [6.45, 7) is 8.98. The molecule has 0 unspecified atom stereocenters. The van der Waals surface area contributed by atoms with E-state index in [1.807, 2.05) is 48.5 Å². The van der Waals surface area contributed by atoms with Gasteiger partial charge in [-0.3, -0.25) is 0 Å². The topological polar surface area (TPSA) is 47.9 Å². The highest BCUT2D eigenvalue weighted by Crippen LogP contribution is 2.36. The first-order chi connectivity index (χ1) is 16.1. The molecule has 0 N–H and O–H groups in total. The fraction of sp³-hybridized carbons (Fsp3) is 0.214. The van der Waals surface area contributed by atoms with E-state index >= 15 is 0 Å². The van der Waals surface area contributed by atoms with Crippen molar-refractivity contribution >= 4 is 49.8 Å². The molecular formula is C28H25Br2NO3. The van der Waals surface area contributed by atoms with Gasteiger partial charge in [-0.1, -0.05) is 62.7 Å². The van der Waals surface area contributed by atoms with Crippen LogP contribution in [0.4, 0.5) is 0 Å². The molecule has 3 aromatic carbocycles. The Balaban J connectivity index is 1.53. The maximum Gasteiger partial charge on any atom is 0.363 e. The second-order valence-electron chi connectivity index (χ2n) is 9.25. The number of benzene rings is 3. The molecule has 1 aliphatic rings. The van der Waals surface area contributed by atoms with Crippen molar-refractivity contribution in [3.8, 4) is 5.75 Å². The summed E-state index contributed by atoms with van der Waals surface area (Å²) in [6.07, 6.45) is 1.71. The van der Waals surface area contributed by atoms with Gasteiger partial charge in [0.2, 0.25) is 5.90 Å². The minimum atomic E-state index is -0.471. The van der Waals surface area contributed by atoms with Crippen molar-refractivity contribution in [3.05, 3.63) is 103 Å². The standard InChI is InChI=1S/C28H25Br2NO3/c1-17-5-7-18(8-6-17)16-33-25-22(29)13-19(14-23(25)30)15-24-27(32)34-26(31-24)20-9-11-21(12-10-20)28(2,3)4/h5-15H,16H2,1-4H3. The lowest BCUT2D eigenvalue weighted by atomic mass is 9.87. The Kier molecular flexibility index (Phi) is 7.10. The van der Waals surface area contributed by atoms with Gasteiger partial charge in [0.15, 0.2) is 5.70 Å². The molecule has 0 atom stereocenters. The second kappa shape index (κ2) is 9.88. The van der Waals surface area contributed by atoms with Crippen molar-refractivity contribution in [3.63, 3.8) is 0 Å². The zero-order valence-electron chi connectivity index (χ0n) is 19.5. The first kappa shape index (κ1) is 24.4. The number of cyclic esters (lactones) is 1. The highest BCUT2D eigenvalue weighted by atomic mass is 79.9. The van der Waals surface area contributed by atoms with Gasteiger partial charge in [0.05, 0.1) is 8.95 Å². The SMILES string of the molecule is Cc1ccc(COc2c(Br)cc(C=C3N=C(c4ccc(C(C)(C)C)cc4)OC3=O)cc2Br)cc1. The maximum absolute atomic E-state index is 12.5. The van der Waals surface area contributed by atoms with E-state index in [1.165, 1.54) is 11.1 Å². The van der Waals surface area contributed by atoms with Gasteiger partial charge in [0, 0.05) is 5.56 Å². The molecular weight excluding hydrogens is 558 g/mol. The Labute approximate surface area is 217 Å². The predicted molar refractivity (Wildman–Crippen MR) is 143 cm³/mol. The van der Waals surface area contributed by atoms with Crippen LogP contribution in [0.25, 0.3) is 6.08 Å². The van der Waals surface area contributed by atoms with Gasteiger partial charge in [-0.05, 0) is 91.2 Å². The number of hydrogen-bond donors (Lipinski definition) is 0. The van der Waals surface area contributed by atoms with Crippen molar-refractivity contribution in [1.29, 1.82) is 0 Å². The van der Waals surface area contributed by atoms with E-state index in [0.29, 0.717) is 18.3 Å². The van der Waals surface area contributed by atoms with E-state index in [-0.39, 0.29) is 11.1 Å². The highest BCUT2D eigenvalue weighted by molar-refractivity contribution is 9.11. The van der Waals surface area contributed by atoms with Crippen LogP contribution in [0.2, 0.25) is 0 Å². The van der Waals surface area contributed by atoms with Crippen LogP contribution in [0.3, 0.4) is 0 Å². The summed E-state index contributed by atoms with van der Waals surface area (Å²) >= 11 is 7.17. The van der Waals surface area contributed by atoms with Gasteiger partial charge in [-0.15, -0.1) is 0 Å². The summed E-state index contributed by atoms with van der Waals surface area (Å²) in [5, 5.41) is 0. The normalized spacial score (nSPS) is 14.8. The van der Waals surface area contributed by atoms with Crippen LogP contribution >= 0.6 is 31.9 Å². The van der Waals surface area contributed by atoms with Crippen molar-refractivity contribution in [2.24, 2.45) is 4.99 Å². The Morgan fingerprint density at radius 2 is 1.59 bits per heavy atom. The van der Waals surface area contributed by atoms with E-state index in [4.69, 9.17) is 9.47 Å². The molecule has 4 rings (SSSR count). The van der Waals surface area contributed by atoms with E-state index in [1.54, 1.807) is 6.08 Å². The number of hydrogen-bond acceptors (Lipinski definition) is 4. The molecule has 6 heteroatoms. The molecule has 3 aromatic rings. The molecule has 34 heavy (non-hydrogen) atoms. The zero-order chi connectivity index (χ0) is 24.5. The van der Waals surface area contributed by atoms with Gasteiger partial charge in [0.1, 0.15) is 12.4 Å². The van der Waals surface area contributed by atoms with Crippen LogP contribution in [-0.4, -0.2) is 11.9 Å². The molecule has 0 bridgehead atoms. The van der Waals surface area contributed by atoms with Crippen molar-refractivity contribution in [2.75, 3.05) is 0 Å². The smallest absolute Gasteiger partial charge is 0.363 e. The number of aliphatic imine (C=N–C) groups is 1. The number of nitrogens with zero attached hydrogens (tertiary/aromatic N) is 1. The van der Waals surface area contributed by atoms with Crippen molar-refractivity contribution in [2.45, 2.75) is 39.7 Å². The zero-order valence-corrected chi connectivity index (χ0v) is 22.7. The van der Waals surface area contributed by atoms with Crippen LogP contribution in [0.5, 0.6) is 5.75 Å². The minimum absolute atomic E-state index is 0.0501. The van der Waals surface area contributed by atoms with E-state index in [2.05, 4.69) is 76.7 Å². The van der Waals surface area contributed by atoms with Gasteiger partial charge in [0.25, 0.3) is 0 Å². The average Bonchev–Trinajstić information content (AvgIpc) is 3.14. The first-order valence-electron chi connectivity index (χ1n) is 10.9. The largest absolute Gasteiger partial charge is 0.487 e. The highest BCUT2D eigenvalue weighted by Gasteiger charge is 2.25. The fourth-order valence-electron chi connectivity index (χ4n) is 3.44. The fourth-order valence-corrected chi connectivity index (χ4v) is 4.89. The first-order valence-corrected chi connectivity index (χ1v) is 12.5. The minimum Gasteiger partial charge on any atom is -0.487 e. The lowest BCUT2D eigenvalue weighted by Crippen LogP contribution is -2.11. The van der Waals surface area contributed by atoms with Gasteiger partial charge in [-0.25, -0.2) is 9.79 Å². The number of halogens is 2. The Bertz CT molecular complexity index is 1260. The summed E-state index contributed by atoms with van der Waals surface area (Å²) in [5.74, 6) is 0.537. The molecule has 174 valence electrons. The predicted octanol–water partition coefficient (Wildman–Crippen LogP) is 7.74. The number of aryl methyl sites for hydroxylation is 1. The van der Waals surface area contributed by atoms with Crippen LogP contribution in [0, 0.1) is 6.92 Å². The molecule has 0 spiro atoms. The third-order valence-electron chi connectivity index (χ3n) is 5.45. The molecule has 0 fully saturated rings. The van der Waals surface area contributed by atoms with Crippen molar-refractivity contribution in [1.82, 2.24) is 0 Å². The van der Waals surface area contributed by atoms with Crippen LogP contribution in [0.1, 0.15) is 48.6 Å². The van der Waals surface area contributed by atoms with E-state index in [9.17, 15) is 4.79 Å². The summed E-state index contributed by atoms with van der Waals surface area (Å²) < 4.78 is 13.0. The molecule has 1 heterocycles. The average molecular weight is 583 g/mol. The molecule has 0 radical (unpaired) electrons. The molecule has 0 saturated heterocycles. The van der Waals surface area contributed by atoms with Gasteiger partial charge < -0.3 is 9.47 Å². The molecule has 1 aliphatic heterocycles. The monoisotopic (exact) mass is 581 g/mol. The summed E-state index contributed by atoms with van der Waals surface area (Å²) in [5.41, 5.74) is 5.37. The molecule has 0 aliphatic carbocycles. The number of carbonyl (C=O) groups excluding carboxylic acids is 1. The lowest BCUT2D eigenvalue weighted by Gasteiger charge is -2.18. The Morgan fingerprint density at radius 3 is 2.18 bits per heavy atom. The van der Waals surface area contributed by atoms with E-state index < -0.39 is 5.97 Å². The maximum atomic E-state index is 12.5. The van der Waals surface area contributed by atoms with Crippen LogP contribution in [-0.2, 0) is 21.6 Å². The number of ether oxygens (including phenoxy) is 2. The summed E-state index contributed by atoms with van der Waals surface area (Å²) in [4.78, 5) is 16.9. The van der Waals surface area contributed by atoms with Crippen LogP contribution in [0.15, 0.2) is 80.3 Å². The second-order valence-corrected chi connectivity index (χ2v) is 11.0. The molecule has 0 saturated carbocycles. The summed E-state index contributed by atoms with van der Waals surface area (Å²) in [7, 11) is 0. The van der Waals surface area contributed by atoms with Crippen LogP contribution < -0.4 is 4.74 Å². The number of esters is 1. The molecule has 0 aromatic heterocycles. The van der Waals surface area contributed by atoms with E-state index in [0.717, 1.165) is 25.6 Å². The Morgan fingerprint density at radius 1 is 0.971 bits per heavy atom. The summed E-state index contributed by atoms with van der Waals surface area (Å²) in [6, 6.07) is 19.9. The quantitative estimate of drug-likeness (QED) is 0.228. The van der Waals surface area contributed by atoms with Crippen molar-refractivity contribution < 1.29 is 14.3 Å². The number of carbonyl (C=O) groups is 1.